The fourth-order valence-electron chi connectivity index (χ4n) is 4.60. The molecule has 0 spiro atoms. The van der Waals surface area contributed by atoms with E-state index in [-0.39, 0.29) is 5.92 Å². The number of halogens is 1. The van der Waals surface area contributed by atoms with Crippen LogP contribution in [0.4, 0.5) is 0 Å². The molecule has 5 nitrogen and oxygen atoms in total. The number of methoxy groups -OCH3 is 2. The number of hydrogen-bond donors (Lipinski definition) is 0. The first-order valence-electron chi connectivity index (χ1n) is 12.3. The van der Waals surface area contributed by atoms with Crippen molar-refractivity contribution in [1.29, 1.82) is 0 Å². The first-order chi connectivity index (χ1) is 18.1. The molecule has 0 radical (unpaired) electrons. The standard InChI is InChI=1S/C31H28ClNO4/c1-35-30(34)26-8-3-4-9-28(26)37-31(36-2)29(22-11-12-22)23-7-5-6-20(18-23)10-16-25-17-14-21-13-15-24(32)19-27(21)33-25/h3-10,13-19,22,29,31H,11-12H2,1-2H3. The minimum absolute atomic E-state index is 0.0185. The Morgan fingerprint density at radius 3 is 2.57 bits per heavy atom. The van der Waals surface area contributed by atoms with Gasteiger partial charge in [-0.1, -0.05) is 66.2 Å². The van der Waals surface area contributed by atoms with Gasteiger partial charge >= 0.3 is 5.97 Å². The highest BCUT2D eigenvalue weighted by Gasteiger charge is 2.39. The topological polar surface area (TPSA) is 57.7 Å². The van der Waals surface area contributed by atoms with Gasteiger partial charge in [0.1, 0.15) is 11.3 Å². The average molecular weight is 514 g/mol. The van der Waals surface area contributed by atoms with E-state index in [4.69, 9.17) is 30.8 Å². The number of carbonyl (C=O) groups excluding carboxylic acids is 1. The van der Waals surface area contributed by atoms with Crippen molar-refractivity contribution in [2.45, 2.75) is 25.0 Å². The Balaban J connectivity index is 1.40. The van der Waals surface area contributed by atoms with Crippen molar-refractivity contribution in [1.82, 2.24) is 4.98 Å². The molecule has 2 atom stereocenters. The van der Waals surface area contributed by atoms with Gasteiger partial charge in [0.2, 0.25) is 6.29 Å². The second kappa shape index (κ2) is 11.2. The number of hydrogen-bond acceptors (Lipinski definition) is 5. The summed E-state index contributed by atoms with van der Waals surface area (Å²) in [5, 5.41) is 1.72. The molecule has 0 bridgehead atoms. The van der Waals surface area contributed by atoms with Gasteiger partial charge < -0.3 is 14.2 Å². The highest BCUT2D eigenvalue weighted by atomic mass is 35.5. The minimum Gasteiger partial charge on any atom is -0.465 e. The van der Waals surface area contributed by atoms with E-state index in [9.17, 15) is 4.79 Å². The minimum atomic E-state index is -0.551. The predicted octanol–water partition coefficient (Wildman–Crippen LogP) is 7.39. The van der Waals surface area contributed by atoms with E-state index in [0.29, 0.717) is 22.3 Å². The summed E-state index contributed by atoms with van der Waals surface area (Å²) in [6.07, 6.45) is 5.72. The second-order valence-corrected chi connectivity index (χ2v) is 9.59. The lowest BCUT2D eigenvalue weighted by Crippen LogP contribution is -2.29. The fourth-order valence-corrected chi connectivity index (χ4v) is 4.76. The summed E-state index contributed by atoms with van der Waals surface area (Å²) in [5.41, 5.74) is 4.29. The number of aromatic nitrogens is 1. The molecule has 2 unspecified atom stereocenters. The zero-order valence-electron chi connectivity index (χ0n) is 20.8. The third kappa shape index (κ3) is 5.85. The number of rotatable bonds is 9. The summed E-state index contributed by atoms with van der Waals surface area (Å²) in [5.74, 6) is 0.474. The van der Waals surface area contributed by atoms with Crippen LogP contribution < -0.4 is 4.74 Å². The van der Waals surface area contributed by atoms with Gasteiger partial charge in [-0.15, -0.1) is 0 Å². The largest absolute Gasteiger partial charge is 0.465 e. The molecule has 37 heavy (non-hydrogen) atoms. The lowest BCUT2D eigenvalue weighted by molar-refractivity contribution is -0.0765. The van der Waals surface area contributed by atoms with Gasteiger partial charge in [0.15, 0.2) is 0 Å². The summed E-state index contributed by atoms with van der Waals surface area (Å²) in [4.78, 5) is 17.0. The number of ether oxygens (including phenoxy) is 3. The van der Waals surface area contributed by atoms with Crippen molar-refractivity contribution in [2.75, 3.05) is 14.2 Å². The molecule has 0 aliphatic heterocycles. The van der Waals surface area contributed by atoms with E-state index < -0.39 is 12.3 Å². The molecule has 3 aromatic carbocycles. The Labute approximate surface area is 221 Å². The van der Waals surface area contributed by atoms with Crippen LogP contribution in [0.15, 0.2) is 78.9 Å². The molecule has 1 aliphatic rings. The van der Waals surface area contributed by atoms with Crippen LogP contribution in [0.5, 0.6) is 5.75 Å². The molecule has 188 valence electrons. The average Bonchev–Trinajstić information content (AvgIpc) is 3.76. The first kappa shape index (κ1) is 25.0. The maximum atomic E-state index is 12.3. The number of esters is 1. The van der Waals surface area contributed by atoms with Crippen molar-refractivity contribution < 1.29 is 19.0 Å². The number of fused-ring (bicyclic) bond motifs is 1. The Morgan fingerprint density at radius 1 is 0.973 bits per heavy atom. The quantitative estimate of drug-likeness (QED) is 0.172. The molecule has 1 saturated carbocycles. The van der Waals surface area contributed by atoms with E-state index in [0.717, 1.165) is 40.6 Å². The highest BCUT2D eigenvalue weighted by Crippen LogP contribution is 2.46. The van der Waals surface area contributed by atoms with Crippen molar-refractivity contribution in [3.8, 4) is 5.75 Å². The Hall–Kier alpha value is -3.67. The number of benzene rings is 3. The zero-order valence-corrected chi connectivity index (χ0v) is 21.5. The fraction of sp³-hybridized carbons (Fsp3) is 0.226. The van der Waals surface area contributed by atoms with Crippen molar-refractivity contribution in [3.63, 3.8) is 0 Å². The molecule has 1 fully saturated rings. The van der Waals surface area contributed by atoms with Crippen LogP contribution in [-0.2, 0) is 9.47 Å². The van der Waals surface area contributed by atoms with E-state index >= 15 is 0 Å². The molecule has 6 heteroatoms. The number of para-hydroxylation sites is 1. The predicted molar refractivity (Wildman–Crippen MR) is 147 cm³/mol. The smallest absolute Gasteiger partial charge is 0.341 e. The first-order valence-corrected chi connectivity index (χ1v) is 12.6. The van der Waals surface area contributed by atoms with Crippen LogP contribution in [0.1, 0.15) is 45.9 Å². The third-order valence-corrected chi connectivity index (χ3v) is 6.84. The molecule has 1 aliphatic carbocycles. The van der Waals surface area contributed by atoms with Gasteiger partial charge in [0.05, 0.1) is 18.3 Å². The van der Waals surface area contributed by atoms with Gasteiger partial charge in [-0.05, 0) is 66.3 Å². The monoisotopic (exact) mass is 513 g/mol. The van der Waals surface area contributed by atoms with Gasteiger partial charge in [0.25, 0.3) is 0 Å². The van der Waals surface area contributed by atoms with Crippen molar-refractivity contribution >= 4 is 40.6 Å². The van der Waals surface area contributed by atoms with E-state index in [1.54, 1.807) is 25.3 Å². The van der Waals surface area contributed by atoms with Crippen molar-refractivity contribution in [2.24, 2.45) is 5.92 Å². The van der Waals surface area contributed by atoms with Crippen LogP contribution in [0, 0.1) is 5.92 Å². The van der Waals surface area contributed by atoms with Crippen molar-refractivity contribution in [3.05, 3.63) is 106 Å². The summed E-state index contributed by atoms with van der Waals surface area (Å²) < 4.78 is 17.1. The van der Waals surface area contributed by atoms with E-state index in [2.05, 4.69) is 24.3 Å². The normalized spacial score (nSPS) is 15.0. The van der Waals surface area contributed by atoms with E-state index in [1.165, 1.54) is 7.11 Å². The van der Waals surface area contributed by atoms with Crippen LogP contribution in [0.3, 0.4) is 0 Å². The SMILES string of the molecule is COC(=O)c1ccccc1OC(OC)C(c1cccc(C=Cc2ccc3ccc(Cl)cc3n2)c1)C1CC1. The maximum Gasteiger partial charge on any atom is 0.341 e. The maximum absolute atomic E-state index is 12.3. The molecule has 0 saturated heterocycles. The molecule has 0 N–H and O–H groups in total. The van der Waals surface area contributed by atoms with Gasteiger partial charge in [-0.25, -0.2) is 9.78 Å². The molecular formula is C31H28ClNO4. The molecule has 1 heterocycles. The Bertz CT molecular complexity index is 1450. The molecule has 4 aromatic rings. The number of carbonyl (C=O) groups is 1. The van der Waals surface area contributed by atoms with Crippen LogP contribution in [-0.4, -0.2) is 31.5 Å². The molecule has 0 amide bonds. The molecule has 5 rings (SSSR count). The molecule has 1 aromatic heterocycles. The van der Waals surface area contributed by atoms with E-state index in [1.807, 2.05) is 48.5 Å². The van der Waals surface area contributed by atoms with Gasteiger partial charge in [-0.3, -0.25) is 0 Å². The molecular weight excluding hydrogens is 486 g/mol. The Morgan fingerprint density at radius 2 is 1.78 bits per heavy atom. The van der Waals surface area contributed by atoms with Gasteiger partial charge in [0, 0.05) is 23.4 Å². The lowest BCUT2D eigenvalue weighted by Gasteiger charge is -2.28. The lowest BCUT2D eigenvalue weighted by atomic mass is 9.92. The Kier molecular flexibility index (Phi) is 7.54. The highest BCUT2D eigenvalue weighted by molar-refractivity contribution is 6.31. The summed E-state index contributed by atoms with van der Waals surface area (Å²) in [6, 6.07) is 25.2. The second-order valence-electron chi connectivity index (χ2n) is 9.15. The van der Waals surface area contributed by atoms with Crippen LogP contribution in [0.2, 0.25) is 5.02 Å². The summed E-state index contributed by atoms with van der Waals surface area (Å²) >= 11 is 6.14. The van der Waals surface area contributed by atoms with Crippen LogP contribution >= 0.6 is 11.6 Å². The zero-order chi connectivity index (χ0) is 25.8. The number of nitrogens with zero attached hydrogens (tertiary/aromatic N) is 1. The number of pyridine rings is 1. The third-order valence-electron chi connectivity index (χ3n) is 6.61. The summed E-state index contributed by atoms with van der Waals surface area (Å²) in [6.45, 7) is 0. The van der Waals surface area contributed by atoms with Crippen LogP contribution in [0.25, 0.3) is 23.1 Å². The summed E-state index contributed by atoms with van der Waals surface area (Å²) in [7, 11) is 3.00. The van der Waals surface area contributed by atoms with Gasteiger partial charge in [-0.2, -0.15) is 0 Å².